The standard InChI is InChI=1S/C27H29FN8O4/c1-34(2)11-12-35-17-31-33-26(35)23-14-21(9-10-30-23)40-24-8-6-19(13-22(24)28)36(27(29)37)32-16-18-5-7-20(38-3)15-25(18)39-4/h5-10,13-17H,11-12H2,1-4H3,(H2,29,37)/b32-16+. The van der Waals surface area contributed by atoms with E-state index in [2.05, 4.69) is 20.3 Å². The van der Waals surface area contributed by atoms with Crippen molar-refractivity contribution < 1.29 is 23.4 Å². The Kier molecular flexibility index (Phi) is 8.86. The smallest absolute Gasteiger partial charge is 0.340 e. The number of rotatable bonds is 11. The van der Waals surface area contributed by atoms with Crippen LogP contribution < -0.4 is 25.0 Å². The van der Waals surface area contributed by atoms with Gasteiger partial charge in [-0.25, -0.2) is 9.18 Å². The molecule has 208 valence electrons. The number of hydrogen-bond donors (Lipinski definition) is 1. The molecule has 0 saturated carbocycles. The average molecular weight is 549 g/mol. The number of anilines is 1. The minimum absolute atomic E-state index is 0.0693. The molecule has 0 aliphatic heterocycles. The number of pyridine rings is 1. The molecule has 0 aliphatic carbocycles. The monoisotopic (exact) mass is 548 g/mol. The Bertz CT molecular complexity index is 1510. The molecule has 13 heteroatoms. The number of carbonyl (C=O) groups is 1. The highest BCUT2D eigenvalue weighted by molar-refractivity contribution is 5.93. The average Bonchev–Trinajstić information content (AvgIpc) is 3.42. The second-order valence-electron chi connectivity index (χ2n) is 8.75. The van der Waals surface area contributed by atoms with Gasteiger partial charge in [-0.2, -0.15) is 10.1 Å². The number of amides is 2. The summed E-state index contributed by atoms with van der Waals surface area (Å²) < 4.78 is 33.3. The molecular weight excluding hydrogens is 519 g/mol. The largest absolute Gasteiger partial charge is 0.497 e. The number of hydrazone groups is 1. The Morgan fingerprint density at radius 2 is 1.90 bits per heavy atom. The first kappa shape index (κ1) is 28.0. The molecule has 0 aliphatic rings. The summed E-state index contributed by atoms with van der Waals surface area (Å²) >= 11 is 0. The highest BCUT2D eigenvalue weighted by atomic mass is 19.1. The molecule has 40 heavy (non-hydrogen) atoms. The fourth-order valence-corrected chi connectivity index (χ4v) is 3.65. The highest BCUT2D eigenvalue weighted by Crippen LogP contribution is 2.30. The molecule has 0 atom stereocenters. The van der Waals surface area contributed by atoms with Crippen LogP contribution in [0.3, 0.4) is 0 Å². The van der Waals surface area contributed by atoms with E-state index in [-0.39, 0.29) is 11.4 Å². The summed E-state index contributed by atoms with van der Waals surface area (Å²) in [5.74, 6) is 1.16. The molecule has 0 radical (unpaired) electrons. The number of halogens is 1. The molecule has 4 aromatic rings. The fourth-order valence-electron chi connectivity index (χ4n) is 3.65. The molecule has 12 nitrogen and oxygen atoms in total. The lowest BCUT2D eigenvalue weighted by atomic mass is 10.2. The fraction of sp³-hybridized carbons (Fsp3) is 0.222. The summed E-state index contributed by atoms with van der Waals surface area (Å²) in [6.45, 7) is 1.46. The number of urea groups is 1. The second-order valence-corrected chi connectivity index (χ2v) is 8.75. The van der Waals surface area contributed by atoms with Crippen LogP contribution in [0.15, 0.2) is 66.2 Å². The second kappa shape index (κ2) is 12.7. The number of nitrogens with two attached hydrogens (primary N) is 1. The third kappa shape index (κ3) is 6.69. The van der Waals surface area contributed by atoms with Gasteiger partial charge in [-0.1, -0.05) is 0 Å². The number of methoxy groups -OCH3 is 2. The molecule has 4 rings (SSSR count). The number of hydrogen-bond acceptors (Lipinski definition) is 9. The first-order chi connectivity index (χ1) is 19.3. The van der Waals surface area contributed by atoms with Crippen molar-refractivity contribution in [3.63, 3.8) is 0 Å². The van der Waals surface area contributed by atoms with E-state index in [0.717, 1.165) is 17.6 Å². The van der Waals surface area contributed by atoms with Crippen molar-refractivity contribution in [1.82, 2.24) is 24.6 Å². The minimum Gasteiger partial charge on any atom is -0.497 e. The summed E-state index contributed by atoms with van der Waals surface area (Å²) in [6.07, 6.45) is 4.55. The van der Waals surface area contributed by atoms with E-state index in [1.165, 1.54) is 32.6 Å². The van der Waals surface area contributed by atoms with Crippen LogP contribution >= 0.6 is 0 Å². The van der Waals surface area contributed by atoms with Crippen LogP contribution in [-0.4, -0.2) is 71.8 Å². The van der Waals surface area contributed by atoms with Gasteiger partial charge in [0.05, 0.1) is 26.1 Å². The number of carbonyl (C=O) groups excluding carboxylic acids is 1. The molecule has 2 heterocycles. The molecule has 2 aromatic carbocycles. The van der Waals surface area contributed by atoms with Gasteiger partial charge in [-0.3, -0.25) is 4.98 Å². The molecule has 2 amide bonds. The van der Waals surface area contributed by atoms with Crippen LogP contribution in [0.4, 0.5) is 14.9 Å². The molecule has 0 saturated heterocycles. The van der Waals surface area contributed by atoms with Crippen LogP contribution in [0.2, 0.25) is 0 Å². The van der Waals surface area contributed by atoms with E-state index in [4.69, 9.17) is 19.9 Å². The molecule has 0 spiro atoms. The Morgan fingerprint density at radius 1 is 1.07 bits per heavy atom. The molecular formula is C27H29FN8O4. The number of ether oxygens (including phenoxy) is 3. The third-order valence-electron chi connectivity index (χ3n) is 5.71. The van der Waals surface area contributed by atoms with E-state index in [0.29, 0.717) is 40.9 Å². The molecule has 0 unspecified atom stereocenters. The lowest BCUT2D eigenvalue weighted by Gasteiger charge is -2.16. The van der Waals surface area contributed by atoms with Crippen LogP contribution in [0, 0.1) is 5.82 Å². The van der Waals surface area contributed by atoms with Gasteiger partial charge < -0.3 is 29.4 Å². The van der Waals surface area contributed by atoms with Crippen molar-refractivity contribution in [1.29, 1.82) is 0 Å². The Morgan fingerprint density at radius 3 is 2.60 bits per heavy atom. The maximum absolute atomic E-state index is 15.1. The molecule has 2 N–H and O–H groups in total. The predicted octanol–water partition coefficient (Wildman–Crippen LogP) is 3.77. The minimum atomic E-state index is -0.908. The van der Waals surface area contributed by atoms with Gasteiger partial charge in [-0.15, -0.1) is 10.2 Å². The van der Waals surface area contributed by atoms with Crippen molar-refractivity contribution in [2.45, 2.75) is 6.54 Å². The van der Waals surface area contributed by atoms with Crippen molar-refractivity contribution >= 4 is 17.9 Å². The van der Waals surface area contributed by atoms with Crippen LogP contribution in [0.5, 0.6) is 23.0 Å². The summed E-state index contributed by atoms with van der Waals surface area (Å²) in [5, 5.41) is 13.1. The number of benzene rings is 2. The van der Waals surface area contributed by atoms with Gasteiger partial charge in [0.2, 0.25) is 0 Å². The van der Waals surface area contributed by atoms with E-state index < -0.39 is 11.8 Å². The third-order valence-corrected chi connectivity index (χ3v) is 5.71. The maximum Gasteiger partial charge on any atom is 0.340 e. The van der Waals surface area contributed by atoms with Gasteiger partial charge in [0.25, 0.3) is 0 Å². The summed E-state index contributed by atoms with van der Waals surface area (Å²) in [6, 6.07) is 11.4. The Hall–Kier alpha value is -5.04. The number of likely N-dealkylation sites (N-methyl/N-ethyl adjacent to an activating group) is 1. The normalized spacial score (nSPS) is 11.2. The lowest BCUT2D eigenvalue weighted by Crippen LogP contribution is -2.31. The van der Waals surface area contributed by atoms with Crippen LogP contribution in [0.1, 0.15) is 5.56 Å². The Labute approximate surface area is 230 Å². The quantitative estimate of drug-likeness (QED) is 0.221. The first-order valence-electron chi connectivity index (χ1n) is 12.1. The summed E-state index contributed by atoms with van der Waals surface area (Å²) in [5.41, 5.74) is 6.70. The molecule has 0 fully saturated rings. The van der Waals surface area contributed by atoms with Gasteiger partial charge in [-0.05, 0) is 44.4 Å². The molecule has 2 aromatic heterocycles. The number of aromatic nitrogens is 4. The van der Waals surface area contributed by atoms with Crippen LogP contribution in [-0.2, 0) is 6.54 Å². The van der Waals surface area contributed by atoms with Gasteiger partial charge >= 0.3 is 6.03 Å². The maximum atomic E-state index is 15.1. The van der Waals surface area contributed by atoms with Crippen molar-refractivity contribution in [3.05, 3.63) is 72.4 Å². The zero-order valence-electron chi connectivity index (χ0n) is 22.5. The van der Waals surface area contributed by atoms with E-state index in [1.807, 2.05) is 23.6 Å². The van der Waals surface area contributed by atoms with Gasteiger partial charge in [0.15, 0.2) is 17.4 Å². The van der Waals surface area contributed by atoms with E-state index >= 15 is 4.39 Å². The van der Waals surface area contributed by atoms with Crippen molar-refractivity contribution in [2.75, 3.05) is 39.9 Å². The van der Waals surface area contributed by atoms with Gasteiger partial charge in [0, 0.05) is 43.0 Å². The van der Waals surface area contributed by atoms with Crippen molar-refractivity contribution in [2.24, 2.45) is 10.8 Å². The SMILES string of the molecule is COc1ccc(/C=N/N(C(N)=O)c2ccc(Oc3ccnc(-c4nncn4CCN(C)C)c3)c(F)c2)c(OC)c1. The Balaban J connectivity index is 1.53. The van der Waals surface area contributed by atoms with Crippen LogP contribution in [0.25, 0.3) is 11.5 Å². The summed E-state index contributed by atoms with van der Waals surface area (Å²) in [7, 11) is 6.98. The van der Waals surface area contributed by atoms with Crippen molar-refractivity contribution in [3.8, 4) is 34.5 Å². The zero-order valence-corrected chi connectivity index (χ0v) is 22.5. The summed E-state index contributed by atoms with van der Waals surface area (Å²) in [4.78, 5) is 18.5. The number of primary amides is 1. The molecule has 0 bridgehead atoms. The topological polar surface area (TPSA) is 133 Å². The zero-order chi connectivity index (χ0) is 28.6. The predicted molar refractivity (Wildman–Crippen MR) is 147 cm³/mol. The van der Waals surface area contributed by atoms with E-state index in [9.17, 15) is 4.79 Å². The van der Waals surface area contributed by atoms with Gasteiger partial charge in [0.1, 0.15) is 29.3 Å². The first-order valence-corrected chi connectivity index (χ1v) is 12.1. The number of nitrogens with zero attached hydrogens (tertiary/aromatic N) is 7. The van der Waals surface area contributed by atoms with E-state index in [1.54, 1.807) is 42.9 Å². The lowest BCUT2D eigenvalue weighted by molar-refractivity contribution is 0.254. The highest BCUT2D eigenvalue weighted by Gasteiger charge is 2.16.